The van der Waals surface area contributed by atoms with Gasteiger partial charge < -0.3 is 35.4 Å². The fraction of sp³-hybridized carbons (Fsp3) is 0.419. The molecule has 47 heavy (non-hydrogen) atoms. The molecule has 0 unspecified atom stereocenters. The maximum atomic E-state index is 13.8. The Kier molecular flexibility index (Phi) is 9.37. The fourth-order valence-corrected chi connectivity index (χ4v) is 7.27. The average Bonchev–Trinajstić information content (AvgIpc) is 3.52. The molecule has 3 N–H and O–H groups in total. The number of nitrogen functional groups attached to an aromatic ring is 1. The first kappa shape index (κ1) is 32.7. The van der Waals surface area contributed by atoms with Crippen molar-refractivity contribution in [2.45, 2.75) is 44.1 Å². The first-order valence-electron chi connectivity index (χ1n) is 15.2. The lowest BCUT2D eigenvalue weighted by molar-refractivity contribution is -0.141. The van der Waals surface area contributed by atoms with Crippen LogP contribution in [0.1, 0.15) is 28.8 Å². The molecule has 16 heteroatoms. The lowest BCUT2D eigenvalue weighted by atomic mass is 10.0. The molecule has 11 nitrogen and oxygen atoms in total. The van der Waals surface area contributed by atoms with Gasteiger partial charge in [-0.25, -0.2) is 9.59 Å². The molecule has 2 saturated heterocycles. The number of thiophene rings is 1. The van der Waals surface area contributed by atoms with Gasteiger partial charge in [0.05, 0.1) is 28.5 Å². The van der Waals surface area contributed by atoms with E-state index < -0.39 is 35.5 Å². The highest BCUT2D eigenvalue weighted by molar-refractivity contribution is 7.10. The van der Waals surface area contributed by atoms with E-state index in [1.54, 1.807) is 33.5 Å². The smallest absolute Gasteiger partial charge is 0.418 e. The van der Waals surface area contributed by atoms with E-state index >= 15 is 0 Å². The highest BCUT2D eigenvalue weighted by atomic mass is 35.5. The molecule has 6 rings (SSSR count). The molecule has 4 amide bonds. The monoisotopic (exact) mass is 691 g/mol. The van der Waals surface area contributed by atoms with Gasteiger partial charge in [0.1, 0.15) is 0 Å². The van der Waals surface area contributed by atoms with Crippen LogP contribution in [0.2, 0.25) is 5.02 Å². The second-order valence-corrected chi connectivity index (χ2v) is 13.1. The Morgan fingerprint density at radius 2 is 1.77 bits per heavy atom. The molecule has 0 radical (unpaired) electrons. The Morgan fingerprint density at radius 1 is 1.06 bits per heavy atom. The molecule has 0 aliphatic carbocycles. The lowest BCUT2D eigenvalue weighted by Gasteiger charge is -2.40. The van der Waals surface area contributed by atoms with E-state index in [-0.39, 0.29) is 42.2 Å². The van der Waals surface area contributed by atoms with E-state index in [1.165, 1.54) is 11.0 Å². The van der Waals surface area contributed by atoms with Crippen LogP contribution in [0.25, 0.3) is 0 Å². The van der Waals surface area contributed by atoms with E-state index in [2.05, 4.69) is 15.2 Å². The van der Waals surface area contributed by atoms with E-state index in [4.69, 9.17) is 22.1 Å². The topological polar surface area (TPSA) is 124 Å². The first-order chi connectivity index (χ1) is 22.5. The number of anilines is 3. The second kappa shape index (κ2) is 13.5. The summed E-state index contributed by atoms with van der Waals surface area (Å²) in [5.74, 6) is -0.513. The van der Waals surface area contributed by atoms with E-state index in [0.29, 0.717) is 45.6 Å². The number of piperazine rings is 1. The van der Waals surface area contributed by atoms with Gasteiger partial charge in [0.25, 0.3) is 5.91 Å². The first-order valence-corrected chi connectivity index (χ1v) is 16.4. The molecule has 3 aliphatic heterocycles. The predicted octanol–water partition coefficient (Wildman–Crippen LogP) is 5.31. The van der Waals surface area contributed by atoms with Crippen LogP contribution in [0, 0.1) is 0 Å². The molecule has 3 aromatic rings. The van der Waals surface area contributed by atoms with Crippen molar-refractivity contribution in [1.82, 2.24) is 19.7 Å². The quantitative estimate of drug-likeness (QED) is 0.336. The minimum Gasteiger partial charge on any atom is -0.436 e. The molecule has 3 aliphatic rings. The number of piperidine rings is 1. The number of urea groups is 1. The number of rotatable bonds is 6. The number of halogens is 4. The maximum Gasteiger partial charge on any atom is 0.418 e. The van der Waals surface area contributed by atoms with Crippen molar-refractivity contribution in [3.63, 3.8) is 0 Å². The molecule has 1 atom stereocenters. The number of nitrogens with one attached hydrogen (secondary N) is 1. The van der Waals surface area contributed by atoms with Crippen LogP contribution in [-0.2, 0) is 28.7 Å². The van der Waals surface area contributed by atoms with Crippen molar-refractivity contribution in [2.24, 2.45) is 0 Å². The summed E-state index contributed by atoms with van der Waals surface area (Å²) in [4.78, 5) is 52.0. The average molecular weight is 692 g/mol. The largest absolute Gasteiger partial charge is 0.436 e. The van der Waals surface area contributed by atoms with E-state index in [9.17, 15) is 27.6 Å². The normalized spacial score (nSPS) is 18.1. The fourth-order valence-electron chi connectivity index (χ4n) is 6.20. The predicted molar refractivity (Wildman–Crippen MR) is 171 cm³/mol. The number of alkyl halides is 3. The van der Waals surface area contributed by atoms with Crippen molar-refractivity contribution < 1.29 is 32.3 Å². The Bertz CT molecular complexity index is 1630. The third-order valence-corrected chi connectivity index (χ3v) is 10.00. The summed E-state index contributed by atoms with van der Waals surface area (Å²) in [7, 11) is 0. The van der Waals surface area contributed by atoms with E-state index in [1.807, 2.05) is 23.6 Å². The third-order valence-electron chi connectivity index (χ3n) is 8.78. The standard InChI is InChI=1S/C31H33ClF3N7O4S/c32-23-16-19(15-22(27(23)36)31(33,34)35)17-25(28(43)40-12-10-39(11-13-40)20-1-6-37-7-2-20)46-30(45)41-8-3-21(4-9-41)42-18-26-24(5-14-47-26)38-29(42)44/h1-2,5-7,14-16,21,25H,3-4,8-13,17-18,36H2,(H,38,44)/t25-/m1/s1. The van der Waals surface area contributed by atoms with Crippen molar-refractivity contribution in [3.05, 3.63) is 69.1 Å². The summed E-state index contributed by atoms with van der Waals surface area (Å²) in [6.45, 7) is 2.70. The number of hydrogen-bond acceptors (Lipinski definition) is 8. The van der Waals surface area contributed by atoms with Crippen molar-refractivity contribution >= 4 is 58.0 Å². The zero-order chi connectivity index (χ0) is 33.3. The number of amides is 4. The van der Waals surface area contributed by atoms with E-state index in [0.717, 1.165) is 22.3 Å². The number of carbonyl (C=O) groups is 3. The molecular weight excluding hydrogens is 659 g/mol. The maximum absolute atomic E-state index is 13.8. The summed E-state index contributed by atoms with van der Waals surface area (Å²) in [6.07, 6.45) is -2.90. The van der Waals surface area contributed by atoms with Crippen LogP contribution in [0.3, 0.4) is 0 Å². The Hall–Kier alpha value is -4.24. The summed E-state index contributed by atoms with van der Waals surface area (Å²) in [5.41, 5.74) is 5.71. The number of benzene rings is 1. The van der Waals surface area contributed by atoms with Gasteiger partial charge in [-0.2, -0.15) is 13.2 Å². The molecular formula is C31H33ClF3N7O4S. The summed E-state index contributed by atoms with van der Waals surface area (Å²) in [6, 6.07) is 7.42. The molecule has 5 heterocycles. The van der Waals surface area contributed by atoms with Gasteiger partial charge in [0, 0.05) is 74.7 Å². The van der Waals surface area contributed by atoms with Crippen LogP contribution >= 0.6 is 22.9 Å². The van der Waals surface area contributed by atoms with Gasteiger partial charge in [-0.05, 0) is 54.1 Å². The van der Waals surface area contributed by atoms with Crippen LogP contribution < -0.4 is 16.0 Å². The minimum absolute atomic E-state index is 0.0564. The van der Waals surface area contributed by atoms with Gasteiger partial charge in [-0.15, -0.1) is 11.3 Å². The number of ether oxygens (including phenoxy) is 1. The zero-order valence-corrected chi connectivity index (χ0v) is 26.8. The number of fused-ring (bicyclic) bond motifs is 1. The van der Waals surface area contributed by atoms with Crippen LogP contribution in [-0.4, -0.2) is 89.1 Å². The molecule has 1 aromatic carbocycles. The van der Waals surface area contributed by atoms with Gasteiger partial charge in [0.2, 0.25) is 0 Å². The van der Waals surface area contributed by atoms with Crippen LogP contribution in [0.15, 0.2) is 48.1 Å². The van der Waals surface area contributed by atoms with Crippen molar-refractivity contribution in [3.8, 4) is 0 Å². The SMILES string of the molecule is Nc1c(Cl)cc(C[C@@H](OC(=O)N2CCC(N3Cc4sccc4NC3=O)CC2)C(=O)N2CCN(c3ccncc3)CC2)cc1C(F)(F)F. The second-order valence-electron chi connectivity index (χ2n) is 11.7. The highest BCUT2D eigenvalue weighted by Crippen LogP contribution is 2.38. The molecule has 0 spiro atoms. The Morgan fingerprint density at radius 3 is 2.45 bits per heavy atom. The van der Waals surface area contributed by atoms with Crippen LogP contribution in [0.4, 0.5) is 39.8 Å². The van der Waals surface area contributed by atoms with Gasteiger partial charge in [0.15, 0.2) is 6.10 Å². The number of pyridine rings is 1. The number of likely N-dealkylation sites (tertiary alicyclic amines) is 1. The molecule has 0 bridgehead atoms. The minimum atomic E-state index is -4.77. The van der Waals surface area contributed by atoms with Crippen molar-refractivity contribution in [1.29, 1.82) is 0 Å². The molecule has 0 saturated carbocycles. The highest BCUT2D eigenvalue weighted by Gasteiger charge is 2.38. The lowest BCUT2D eigenvalue weighted by Crippen LogP contribution is -2.54. The summed E-state index contributed by atoms with van der Waals surface area (Å²) >= 11 is 7.64. The Labute approximate surface area is 278 Å². The number of nitrogens with two attached hydrogens (primary N) is 1. The van der Waals surface area contributed by atoms with Gasteiger partial charge >= 0.3 is 18.3 Å². The zero-order valence-electron chi connectivity index (χ0n) is 25.2. The number of aromatic nitrogens is 1. The van der Waals surface area contributed by atoms with Gasteiger partial charge in [-0.3, -0.25) is 9.78 Å². The number of carbonyl (C=O) groups excluding carboxylic acids is 3. The number of hydrogen-bond donors (Lipinski definition) is 2. The Balaban J connectivity index is 1.15. The molecule has 2 aromatic heterocycles. The third kappa shape index (κ3) is 7.20. The van der Waals surface area contributed by atoms with Crippen LogP contribution in [0.5, 0.6) is 0 Å². The molecule has 250 valence electrons. The summed E-state index contributed by atoms with van der Waals surface area (Å²) in [5, 5.41) is 4.52. The summed E-state index contributed by atoms with van der Waals surface area (Å²) < 4.78 is 47.0. The van der Waals surface area contributed by atoms with Gasteiger partial charge in [-0.1, -0.05) is 11.6 Å². The molecule has 2 fully saturated rings. The number of nitrogens with zero attached hydrogens (tertiary/aromatic N) is 5. The van der Waals surface area contributed by atoms with Crippen molar-refractivity contribution in [2.75, 3.05) is 55.2 Å².